The van der Waals surface area contributed by atoms with E-state index in [0.29, 0.717) is 25.8 Å². The predicted molar refractivity (Wildman–Crippen MR) is 167 cm³/mol. The molecule has 2 aliphatic heterocycles. The molecule has 43 heavy (non-hydrogen) atoms. The molecule has 8 nitrogen and oxygen atoms in total. The molecule has 230 valence electrons. The van der Waals surface area contributed by atoms with Crippen molar-refractivity contribution in [2.75, 3.05) is 19.6 Å². The maximum absolute atomic E-state index is 14.1. The smallest absolute Gasteiger partial charge is 0.407 e. The molecule has 8 heteroatoms. The Morgan fingerprint density at radius 3 is 2.47 bits per heavy atom. The minimum Gasteiger partial charge on any atom is -0.456 e. The van der Waals surface area contributed by atoms with Gasteiger partial charge in [0.05, 0.1) is 17.9 Å². The number of hydrogen-bond acceptors (Lipinski definition) is 6. The average Bonchev–Trinajstić information content (AvgIpc) is 3.67. The quantitative estimate of drug-likeness (QED) is 0.213. The summed E-state index contributed by atoms with van der Waals surface area (Å²) in [6.07, 6.45) is 6.93. The highest BCUT2D eigenvalue weighted by molar-refractivity contribution is 5.73. The second kappa shape index (κ2) is 13.8. The van der Waals surface area contributed by atoms with Crippen LogP contribution in [0.2, 0.25) is 0 Å². The molecule has 2 aliphatic rings. The van der Waals surface area contributed by atoms with E-state index >= 15 is 0 Å². The van der Waals surface area contributed by atoms with E-state index in [1.54, 1.807) is 0 Å². The maximum Gasteiger partial charge on any atom is 0.407 e. The van der Waals surface area contributed by atoms with E-state index in [2.05, 4.69) is 46.0 Å². The summed E-state index contributed by atoms with van der Waals surface area (Å²) in [6.45, 7) is 10.1. The van der Waals surface area contributed by atoms with Crippen molar-refractivity contribution in [2.24, 2.45) is 5.92 Å². The molecule has 1 N–H and O–H groups in total. The Labute approximate surface area is 255 Å². The number of fused-ring (bicyclic) bond motifs is 3. The van der Waals surface area contributed by atoms with Gasteiger partial charge in [-0.25, -0.2) is 9.78 Å². The second-order valence-electron chi connectivity index (χ2n) is 12.9. The lowest BCUT2D eigenvalue weighted by Gasteiger charge is -2.32. The number of esters is 1. The lowest BCUT2D eigenvalue weighted by Crippen LogP contribution is -2.38. The van der Waals surface area contributed by atoms with Crippen LogP contribution in [0.25, 0.3) is 5.69 Å². The summed E-state index contributed by atoms with van der Waals surface area (Å²) in [5, 5.41) is 2.84. The van der Waals surface area contributed by atoms with Crippen LogP contribution in [-0.2, 0) is 33.5 Å². The Balaban J connectivity index is 1.34. The van der Waals surface area contributed by atoms with Gasteiger partial charge in [-0.15, -0.1) is 0 Å². The summed E-state index contributed by atoms with van der Waals surface area (Å²) in [4.78, 5) is 33.5. The number of aromatic nitrogens is 2. The SMILES string of the molecule is C[C@@H]([C@H](OC(=O)[C@@H](CCCNC(=O)OC(C)(C)C)Cc1ncn2c1CCc1ccccc1-2)c1ccccc1)N1CCCC1. The summed E-state index contributed by atoms with van der Waals surface area (Å²) in [6, 6.07) is 18.6. The zero-order chi connectivity index (χ0) is 30.4. The Morgan fingerprint density at radius 2 is 1.72 bits per heavy atom. The zero-order valence-electron chi connectivity index (χ0n) is 26.1. The molecule has 1 amide bonds. The van der Waals surface area contributed by atoms with Gasteiger partial charge < -0.3 is 19.4 Å². The van der Waals surface area contributed by atoms with Gasteiger partial charge in [-0.05, 0) is 96.5 Å². The first-order valence-electron chi connectivity index (χ1n) is 15.8. The fraction of sp³-hybridized carbons (Fsp3) is 0.514. The van der Waals surface area contributed by atoms with Crippen LogP contribution in [0.15, 0.2) is 60.9 Å². The number of nitrogens with one attached hydrogen (secondary N) is 1. The van der Waals surface area contributed by atoms with Crippen molar-refractivity contribution in [3.63, 3.8) is 0 Å². The molecule has 5 rings (SSSR count). The molecule has 0 unspecified atom stereocenters. The van der Waals surface area contributed by atoms with E-state index in [0.717, 1.165) is 48.6 Å². The van der Waals surface area contributed by atoms with Crippen molar-refractivity contribution in [1.29, 1.82) is 0 Å². The van der Waals surface area contributed by atoms with Crippen LogP contribution in [0.1, 0.15) is 82.0 Å². The molecule has 0 spiro atoms. The number of benzene rings is 2. The Kier molecular flexibility index (Phi) is 9.86. The molecule has 2 aromatic carbocycles. The number of carbonyl (C=O) groups excluding carboxylic acids is 2. The number of amides is 1. The van der Waals surface area contributed by atoms with Gasteiger partial charge in [0.25, 0.3) is 0 Å². The van der Waals surface area contributed by atoms with Crippen LogP contribution in [-0.4, -0.2) is 57.8 Å². The van der Waals surface area contributed by atoms with Crippen LogP contribution in [0.5, 0.6) is 0 Å². The topological polar surface area (TPSA) is 85.7 Å². The van der Waals surface area contributed by atoms with Crippen molar-refractivity contribution in [3.8, 4) is 5.69 Å². The van der Waals surface area contributed by atoms with Crippen molar-refractivity contribution in [1.82, 2.24) is 19.8 Å². The van der Waals surface area contributed by atoms with Crippen LogP contribution < -0.4 is 5.32 Å². The van der Waals surface area contributed by atoms with Gasteiger partial charge in [0.15, 0.2) is 0 Å². The van der Waals surface area contributed by atoms with E-state index in [4.69, 9.17) is 14.5 Å². The third-order valence-corrected chi connectivity index (χ3v) is 8.53. The Bertz CT molecular complexity index is 1370. The standard InChI is InChI=1S/C35H46N4O4/c1-25(38-21-10-11-22-38)32(27-14-6-5-7-15-27)42-33(40)28(16-12-20-36-34(41)43-35(2,3)4)23-29-31-19-18-26-13-8-9-17-30(26)39(31)24-37-29/h5-9,13-15,17,24-25,28,32H,10-12,16,18-23H2,1-4H3,(H,36,41)/t25-,28-,32-/m0/s1. The van der Waals surface area contributed by atoms with Gasteiger partial charge in [-0.1, -0.05) is 48.5 Å². The molecule has 1 aromatic heterocycles. The molecule has 1 fully saturated rings. The maximum atomic E-state index is 14.1. The number of rotatable bonds is 11. The molecule has 3 atom stereocenters. The van der Waals surface area contributed by atoms with Gasteiger partial charge >= 0.3 is 12.1 Å². The molecule has 0 radical (unpaired) electrons. The Morgan fingerprint density at radius 1 is 1.00 bits per heavy atom. The first-order valence-corrected chi connectivity index (χ1v) is 15.8. The molecule has 3 heterocycles. The van der Waals surface area contributed by atoms with E-state index in [-0.39, 0.29) is 18.1 Å². The number of carbonyl (C=O) groups is 2. The normalized spacial score (nSPS) is 16.9. The summed E-state index contributed by atoms with van der Waals surface area (Å²) < 4.78 is 14.0. The number of para-hydroxylation sites is 1. The van der Waals surface area contributed by atoms with Crippen molar-refractivity contribution in [2.45, 2.75) is 90.4 Å². The number of likely N-dealkylation sites (tertiary alicyclic amines) is 1. The Hall–Kier alpha value is -3.65. The number of alkyl carbamates (subject to hydrolysis) is 1. The lowest BCUT2D eigenvalue weighted by molar-refractivity contribution is -0.158. The number of ether oxygens (including phenoxy) is 2. The van der Waals surface area contributed by atoms with Crippen LogP contribution in [0, 0.1) is 5.92 Å². The highest BCUT2D eigenvalue weighted by atomic mass is 16.6. The molecule has 0 aliphatic carbocycles. The van der Waals surface area contributed by atoms with Gasteiger partial charge in [-0.3, -0.25) is 9.69 Å². The van der Waals surface area contributed by atoms with Crippen LogP contribution >= 0.6 is 0 Å². The van der Waals surface area contributed by atoms with Crippen LogP contribution in [0.3, 0.4) is 0 Å². The van der Waals surface area contributed by atoms with Gasteiger partial charge in [0, 0.05) is 30.4 Å². The lowest BCUT2D eigenvalue weighted by atomic mass is 9.93. The first-order chi connectivity index (χ1) is 20.7. The summed E-state index contributed by atoms with van der Waals surface area (Å²) in [5.41, 5.74) is 5.02. The van der Waals surface area contributed by atoms with Gasteiger partial charge in [-0.2, -0.15) is 0 Å². The highest BCUT2D eigenvalue weighted by Crippen LogP contribution is 2.31. The fourth-order valence-electron chi connectivity index (χ4n) is 6.30. The van der Waals surface area contributed by atoms with E-state index < -0.39 is 17.6 Å². The van der Waals surface area contributed by atoms with Gasteiger partial charge in [0.2, 0.25) is 0 Å². The van der Waals surface area contributed by atoms with Crippen molar-refractivity contribution in [3.05, 3.63) is 83.4 Å². The van der Waals surface area contributed by atoms with E-state index in [1.807, 2.05) is 57.4 Å². The number of hydrogen-bond donors (Lipinski definition) is 1. The van der Waals surface area contributed by atoms with Crippen molar-refractivity contribution >= 4 is 12.1 Å². The van der Waals surface area contributed by atoms with E-state index in [9.17, 15) is 9.59 Å². The second-order valence-corrected chi connectivity index (χ2v) is 12.9. The molecule has 1 saturated heterocycles. The number of nitrogens with zero attached hydrogens (tertiary/aromatic N) is 3. The number of aryl methyl sites for hydroxylation is 1. The minimum absolute atomic E-state index is 0.0696. The average molecular weight is 587 g/mol. The van der Waals surface area contributed by atoms with Crippen LogP contribution in [0.4, 0.5) is 4.79 Å². The summed E-state index contributed by atoms with van der Waals surface area (Å²) >= 11 is 0. The van der Waals surface area contributed by atoms with Gasteiger partial charge in [0.1, 0.15) is 11.7 Å². The molecule has 0 bridgehead atoms. The highest BCUT2D eigenvalue weighted by Gasteiger charge is 2.33. The first kappa shape index (κ1) is 30.8. The summed E-state index contributed by atoms with van der Waals surface area (Å²) in [7, 11) is 0. The predicted octanol–water partition coefficient (Wildman–Crippen LogP) is 6.20. The molecule has 0 saturated carbocycles. The third kappa shape index (κ3) is 7.85. The molecule has 3 aromatic rings. The minimum atomic E-state index is -0.562. The molecular weight excluding hydrogens is 540 g/mol. The fourth-order valence-corrected chi connectivity index (χ4v) is 6.30. The largest absolute Gasteiger partial charge is 0.456 e. The van der Waals surface area contributed by atoms with E-state index in [1.165, 1.54) is 18.4 Å². The van der Waals surface area contributed by atoms with Crippen molar-refractivity contribution < 1.29 is 19.1 Å². The monoisotopic (exact) mass is 586 g/mol. The zero-order valence-corrected chi connectivity index (χ0v) is 26.1. The molecular formula is C35H46N4O4. The summed E-state index contributed by atoms with van der Waals surface area (Å²) in [5.74, 6) is -0.607. The third-order valence-electron chi connectivity index (χ3n) is 8.53. The number of imidazole rings is 1.